The molecule has 0 spiro atoms. The van der Waals surface area contributed by atoms with Gasteiger partial charge in [0.15, 0.2) is 0 Å². The highest BCUT2D eigenvalue weighted by molar-refractivity contribution is 4.86. The van der Waals surface area contributed by atoms with Crippen LogP contribution in [0.3, 0.4) is 0 Å². The second kappa shape index (κ2) is 4.43. The smallest absolute Gasteiger partial charge is 0.0221 e. The van der Waals surface area contributed by atoms with Gasteiger partial charge in [0, 0.05) is 31.2 Å². The van der Waals surface area contributed by atoms with E-state index < -0.39 is 0 Å². The number of hydrogen-bond donors (Lipinski definition) is 1. The lowest BCUT2D eigenvalue weighted by Gasteiger charge is -2.41. The van der Waals surface area contributed by atoms with E-state index >= 15 is 0 Å². The van der Waals surface area contributed by atoms with E-state index in [9.17, 15) is 0 Å². The number of piperazine rings is 1. The van der Waals surface area contributed by atoms with E-state index in [0.29, 0.717) is 18.1 Å². The van der Waals surface area contributed by atoms with Gasteiger partial charge in [-0.2, -0.15) is 0 Å². The van der Waals surface area contributed by atoms with Crippen LogP contribution in [-0.2, 0) is 0 Å². The molecule has 0 unspecified atom stereocenters. The molecule has 1 rings (SSSR count). The Kier molecular flexibility index (Phi) is 3.74. The van der Waals surface area contributed by atoms with Gasteiger partial charge < -0.3 is 5.32 Å². The second-order valence-corrected chi connectivity index (χ2v) is 4.97. The number of hydrogen-bond acceptors (Lipinski definition) is 2. The molecule has 1 aliphatic heterocycles. The second-order valence-electron chi connectivity index (χ2n) is 4.97. The third kappa shape index (κ3) is 2.96. The summed E-state index contributed by atoms with van der Waals surface area (Å²) in [5.41, 5.74) is 0. The lowest BCUT2D eigenvalue weighted by Crippen LogP contribution is -2.58. The highest BCUT2D eigenvalue weighted by Gasteiger charge is 2.26. The lowest BCUT2D eigenvalue weighted by molar-refractivity contribution is 0.116. The van der Waals surface area contributed by atoms with Gasteiger partial charge in [0.05, 0.1) is 0 Å². The molecule has 0 radical (unpaired) electrons. The molecule has 0 aromatic carbocycles. The van der Waals surface area contributed by atoms with Gasteiger partial charge in [-0.3, -0.25) is 4.90 Å². The van der Waals surface area contributed by atoms with Gasteiger partial charge in [0.25, 0.3) is 0 Å². The number of nitrogens with zero attached hydrogens (tertiary/aromatic N) is 1. The minimum absolute atomic E-state index is 0.642. The van der Waals surface area contributed by atoms with Gasteiger partial charge in [-0.05, 0) is 26.7 Å². The van der Waals surface area contributed by atoms with Crippen molar-refractivity contribution >= 4 is 0 Å². The van der Waals surface area contributed by atoms with Crippen LogP contribution in [0.2, 0.25) is 0 Å². The summed E-state index contributed by atoms with van der Waals surface area (Å²) in [5, 5.41) is 3.66. The third-order valence-electron chi connectivity index (χ3n) is 2.97. The highest BCUT2D eigenvalue weighted by atomic mass is 15.2. The van der Waals surface area contributed by atoms with Crippen molar-refractivity contribution < 1.29 is 0 Å². The van der Waals surface area contributed by atoms with E-state index in [4.69, 9.17) is 0 Å². The Morgan fingerprint density at radius 3 is 2.23 bits per heavy atom. The monoisotopic (exact) mass is 184 g/mol. The van der Waals surface area contributed by atoms with Crippen molar-refractivity contribution in [3.63, 3.8) is 0 Å². The minimum atomic E-state index is 0.642. The average Bonchev–Trinajstić information content (AvgIpc) is 2.03. The molecule has 2 nitrogen and oxygen atoms in total. The Morgan fingerprint density at radius 1 is 1.15 bits per heavy atom. The molecule has 1 fully saturated rings. The quantitative estimate of drug-likeness (QED) is 0.703. The van der Waals surface area contributed by atoms with Gasteiger partial charge in [-0.25, -0.2) is 0 Å². The maximum atomic E-state index is 3.66. The first-order valence-electron chi connectivity index (χ1n) is 5.50. The van der Waals surface area contributed by atoms with E-state index in [0.717, 1.165) is 5.92 Å². The van der Waals surface area contributed by atoms with Crippen LogP contribution < -0.4 is 5.32 Å². The van der Waals surface area contributed by atoms with E-state index in [1.54, 1.807) is 0 Å². The van der Waals surface area contributed by atoms with E-state index in [-0.39, 0.29) is 0 Å². The van der Waals surface area contributed by atoms with Crippen molar-refractivity contribution in [3.05, 3.63) is 0 Å². The van der Waals surface area contributed by atoms with Gasteiger partial charge in [-0.15, -0.1) is 0 Å². The number of nitrogens with one attached hydrogen (secondary N) is 1. The molecule has 78 valence electrons. The summed E-state index contributed by atoms with van der Waals surface area (Å²) in [4.78, 5) is 2.58. The van der Waals surface area contributed by atoms with Crippen molar-refractivity contribution in [1.29, 1.82) is 0 Å². The topological polar surface area (TPSA) is 15.3 Å². The molecule has 0 aliphatic carbocycles. The molecule has 1 saturated heterocycles. The summed E-state index contributed by atoms with van der Waals surface area (Å²) in [6, 6.07) is 2.00. The van der Waals surface area contributed by atoms with Crippen LogP contribution in [0.15, 0.2) is 0 Å². The molecule has 0 amide bonds. The average molecular weight is 184 g/mol. The maximum absolute atomic E-state index is 3.66. The Labute approximate surface area is 82.7 Å². The first-order valence-corrected chi connectivity index (χ1v) is 5.50. The molecule has 1 N–H and O–H groups in total. The summed E-state index contributed by atoms with van der Waals surface area (Å²) >= 11 is 0. The fraction of sp³-hybridized carbons (Fsp3) is 1.00. The van der Waals surface area contributed by atoms with Crippen molar-refractivity contribution in [1.82, 2.24) is 10.2 Å². The Hall–Kier alpha value is -0.0800. The van der Waals surface area contributed by atoms with E-state index in [1.807, 2.05) is 0 Å². The molecule has 0 aromatic rings. The lowest BCUT2D eigenvalue weighted by atomic mass is 9.99. The SMILES string of the molecule is CC(C)[C@H]1CN(C(C)C)C[C@@H](C)N1. The van der Waals surface area contributed by atoms with Crippen LogP contribution in [0.4, 0.5) is 0 Å². The largest absolute Gasteiger partial charge is 0.309 e. The van der Waals surface area contributed by atoms with Crippen LogP contribution in [0.25, 0.3) is 0 Å². The predicted molar refractivity (Wildman–Crippen MR) is 57.9 cm³/mol. The van der Waals surface area contributed by atoms with E-state index in [1.165, 1.54) is 13.1 Å². The molecule has 1 aliphatic rings. The summed E-state index contributed by atoms with van der Waals surface area (Å²) in [7, 11) is 0. The molecule has 0 saturated carbocycles. The molecule has 2 heteroatoms. The zero-order chi connectivity index (χ0) is 10.0. The summed E-state index contributed by atoms with van der Waals surface area (Å²) in [6.45, 7) is 13.9. The Bertz CT molecular complexity index is 138. The standard InChI is InChI=1S/C11H24N2/c1-8(2)11-7-13(9(3)4)6-10(5)12-11/h8-12H,6-7H2,1-5H3/t10-,11-/m1/s1. The molecule has 1 heterocycles. The predicted octanol–water partition coefficient (Wildman–Crippen LogP) is 1.71. The fourth-order valence-corrected chi connectivity index (χ4v) is 1.97. The van der Waals surface area contributed by atoms with E-state index in [2.05, 4.69) is 44.8 Å². The van der Waals surface area contributed by atoms with Crippen LogP contribution >= 0.6 is 0 Å². The van der Waals surface area contributed by atoms with Crippen LogP contribution in [-0.4, -0.2) is 36.1 Å². The van der Waals surface area contributed by atoms with Gasteiger partial charge in [0.2, 0.25) is 0 Å². The summed E-state index contributed by atoms with van der Waals surface area (Å²) in [5.74, 6) is 0.740. The van der Waals surface area contributed by atoms with Crippen LogP contribution in [0.1, 0.15) is 34.6 Å². The molecule has 2 atom stereocenters. The van der Waals surface area contributed by atoms with Crippen molar-refractivity contribution in [2.45, 2.75) is 52.7 Å². The first kappa shape index (κ1) is 11.0. The fourth-order valence-electron chi connectivity index (χ4n) is 1.97. The van der Waals surface area contributed by atoms with Gasteiger partial charge in [-0.1, -0.05) is 13.8 Å². The molecular formula is C11H24N2. The normalized spacial score (nSPS) is 31.6. The zero-order valence-electron chi connectivity index (χ0n) is 9.67. The Balaban J connectivity index is 2.52. The third-order valence-corrected chi connectivity index (χ3v) is 2.97. The maximum Gasteiger partial charge on any atom is 0.0221 e. The van der Waals surface area contributed by atoms with Crippen LogP contribution in [0.5, 0.6) is 0 Å². The highest BCUT2D eigenvalue weighted by Crippen LogP contribution is 2.13. The van der Waals surface area contributed by atoms with Crippen molar-refractivity contribution in [3.8, 4) is 0 Å². The zero-order valence-corrected chi connectivity index (χ0v) is 9.67. The van der Waals surface area contributed by atoms with Crippen molar-refractivity contribution in [2.24, 2.45) is 5.92 Å². The molecule has 13 heavy (non-hydrogen) atoms. The minimum Gasteiger partial charge on any atom is -0.309 e. The summed E-state index contributed by atoms with van der Waals surface area (Å²) in [6.07, 6.45) is 0. The van der Waals surface area contributed by atoms with Crippen molar-refractivity contribution in [2.75, 3.05) is 13.1 Å². The van der Waals surface area contributed by atoms with Crippen LogP contribution in [0, 0.1) is 5.92 Å². The molecular weight excluding hydrogens is 160 g/mol. The first-order chi connectivity index (χ1) is 6.00. The number of rotatable bonds is 2. The van der Waals surface area contributed by atoms with Gasteiger partial charge >= 0.3 is 0 Å². The molecule has 0 aromatic heterocycles. The Morgan fingerprint density at radius 2 is 1.77 bits per heavy atom. The van der Waals surface area contributed by atoms with Gasteiger partial charge in [0.1, 0.15) is 0 Å². The summed E-state index contributed by atoms with van der Waals surface area (Å²) < 4.78 is 0. The molecule has 0 bridgehead atoms.